The van der Waals surface area contributed by atoms with E-state index in [1.807, 2.05) is 13.2 Å². The highest BCUT2D eigenvalue weighted by molar-refractivity contribution is 7.98. The minimum atomic E-state index is -1.04. The van der Waals surface area contributed by atoms with E-state index < -0.39 is 23.7 Å². The van der Waals surface area contributed by atoms with E-state index in [0.717, 1.165) is 0 Å². The fourth-order valence-corrected chi connectivity index (χ4v) is 3.77. The van der Waals surface area contributed by atoms with Gasteiger partial charge in [-0.1, -0.05) is 25.6 Å². The van der Waals surface area contributed by atoms with Crippen molar-refractivity contribution in [3.63, 3.8) is 0 Å². The predicted molar refractivity (Wildman–Crippen MR) is 86.9 cm³/mol. The van der Waals surface area contributed by atoms with Crippen LogP contribution in [0.3, 0.4) is 0 Å². The van der Waals surface area contributed by atoms with Gasteiger partial charge in [0, 0.05) is 5.41 Å². The van der Waals surface area contributed by atoms with E-state index in [4.69, 9.17) is 5.73 Å². The molecule has 0 radical (unpaired) electrons. The summed E-state index contributed by atoms with van der Waals surface area (Å²) in [6.07, 6.45) is 1.33. The van der Waals surface area contributed by atoms with Gasteiger partial charge in [0.05, 0.1) is 25.1 Å². The predicted octanol–water partition coefficient (Wildman–Crippen LogP) is 0.0416. The summed E-state index contributed by atoms with van der Waals surface area (Å²) in [6, 6.07) is -0.462. The van der Waals surface area contributed by atoms with Crippen LogP contribution in [0.4, 0.5) is 5.82 Å². The van der Waals surface area contributed by atoms with Crippen LogP contribution in [0.15, 0.2) is 11.5 Å². The van der Waals surface area contributed by atoms with Gasteiger partial charge in [0.1, 0.15) is 11.6 Å². The van der Waals surface area contributed by atoms with E-state index in [0.29, 0.717) is 16.3 Å². The van der Waals surface area contributed by atoms with E-state index in [1.54, 1.807) is 17.8 Å². The molecule has 2 aromatic rings. The lowest BCUT2D eigenvalue weighted by Gasteiger charge is -2.31. The van der Waals surface area contributed by atoms with E-state index >= 15 is 0 Å². The third kappa shape index (κ3) is 2.22. The highest BCUT2D eigenvalue weighted by atomic mass is 32.2. The van der Waals surface area contributed by atoms with Crippen LogP contribution in [-0.4, -0.2) is 59.9 Å². The van der Waals surface area contributed by atoms with Crippen molar-refractivity contribution in [2.24, 2.45) is 11.3 Å². The first-order valence-electron chi connectivity index (χ1n) is 7.36. The Kier molecular flexibility index (Phi) is 3.99. The van der Waals surface area contributed by atoms with Crippen LogP contribution in [0.5, 0.6) is 0 Å². The lowest BCUT2D eigenvalue weighted by Crippen LogP contribution is -2.38. The Morgan fingerprint density at radius 3 is 2.65 bits per heavy atom. The Balaban J connectivity index is 2.15. The van der Waals surface area contributed by atoms with Gasteiger partial charge in [-0.25, -0.2) is 15.0 Å². The normalized spacial score (nSPS) is 34.3. The number of imidazole rings is 1. The van der Waals surface area contributed by atoms with Crippen LogP contribution >= 0.6 is 11.8 Å². The number of anilines is 1. The molecule has 9 heteroatoms. The molecule has 0 spiro atoms. The number of nitrogen functional groups attached to an aromatic ring is 1. The molecule has 5 N–H and O–H groups in total. The van der Waals surface area contributed by atoms with E-state index in [2.05, 4.69) is 15.0 Å². The van der Waals surface area contributed by atoms with Crippen molar-refractivity contribution in [3.05, 3.63) is 6.33 Å². The summed E-state index contributed by atoms with van der Waals surface area (Å²) in [7, 11) is 0. The SMILES string of the molecule is CSc1nc(N)c2ncn(C3C(O)C(O)[C@@](C)(CO)[C@@H]3C)c2n1. The van der Waals surface area contributed by atoms with Crippen molar-refractivity contribution >= 4 is 28.7 Å². The summed E-state index contributed by atoms with van der Waals surface area (Å²) in [4.78, 5) is 12.9. The Morgan fingerprint density at radius 2 is 2.09 bits per heavy atom. The summed E-state index contributed by atoms with van der Waals surface area (Å²) in [5, 5.41) is 31.1. The maximum atomic E-state index is 10.5. The molecule has 1 aliphatic rings. The van der Waals surface area contributed by atoms with Crippen molar-refractivity contribution in [2.75, 3.05) is 18.6 Å². The van der Waals surface area contributed by atoms with Gasteiger partial charge in [-0.2, -0.15) is 0 Å². The number of aliphatic hydroxyl groups excluding tert-OH is 3. The first-order chi connectivity index (χ1) is 10.8. The molecule has 0 aliphatic heterocycles. The number of nitrogens with zero attached hydrogens (tertiary/aromatic N) is 4. The average Bonchev–Trinajstić information content (AvgIpc) is 3.03. The molecule has 126 valence electrons. The second-order valence-corrected chi connectivity index (χ2v) is 7.07. The molecule has 1 saturated carbocycles. The van der Waals surface area contributed by atoms with Gasteiger partial charge in [-0.15, -0.1) is 0 Å². The fraction of sp³-hybridized carbons (Fsp3) is 0.643. The monoisotopic (exact) mass is 339 g/mol. The molecule has 0 bridgehead atoms. The Morgan fingerprint density at radius 1 is 1.39 bits per heavy atom. The van der Waals surface area contributed by atoms with Crippen LogP contribution in [0, 0.1) is 11.3 Å². The molecular formula is C14H21N5O3S. The van der Waals surface area contributed by atoms with Gasteiger partial charge < -0.3 is 25.6 Å². The molecule has 0 amide bonds. The molecular weight excluding hydrogens is 318 g/mol. The van der Waals surface area contributed by atoms with Gasteiger partial charge in [0.15, 0.2) is 16.6 Å². The molecule has 0 aromatic carbocycles. The molecule has 3 rings (SSSR count). The summed E-state index contributed by atoms with van der Waals surface area (Å²) in [6.45, 7) is 3.44. The molecule has 0 saturated heterocycles. The van der Waals surface area contributed by atoms with Crippen LogP contribution in [-0.2, 0) is 0 Å². The number of fused-ring (bicyclic) bond motifs is 1. The Bertz CT molecular complexity index is 739. The van der Waals surface area contributed by atoms with Crippen molar-refractivity contribution in [2.45, 2.75) is 37.3 Å². The van der Waals surface area contributed by atoms with Crippen LogP contribution in [0.1, 0.15) is 19.9 Å². The summed E-state index contributed by atoms with van der Waals surface area (Å²) in [5.41, 5.74) is 6.11. The van der Waals surface area contributed by atoms with Crippen molar-refractivity contribution in [1.29, 1.82) is 0 Å². The standard InChI is InChI=1S/C14H21N5O3S/c1-6-8(9(21)10(22)14(6,2)4-20)19-5-16-7-11(15)17-13(23-3)18-12(7)19/h5-6,8-10,20-22H,4H2,1-3H3,(H2,15,17,18)/t6-,8?,9?,10?,14+/m1/s1. The van der Waals surface area contributed by atoms with Crippen molar-refractivity contribution < 1.29 is 15.3 Å². The fourth-order valence-electron chi connectivity index (χ4n) is 3.40. The van der Waals surface area contributed by atoms with Crippen LogP contribution in [0.2, 0.25) is 0 Å². The Labute approximate surface area is 137 Å². The van der Waals surface area contributed by atoms with Gasteiger partial charge in [-0.3, -0.25) is 0 Å². The third-order valence-corrected chi connectivity index (χ3v) is 5.72. The van der Waals surface area contributed by atoms with Gasteiger partial charge in [-0.05, 0) is 12.2 Å². The number of thioether (sulfide) groups is 1. The number of nitrogens with two attached hydrogens (primary N) is 1. The highest BCUT2D eigenvalue weighted by Crippen LogP contribution is 2.49. The van der Waals surface area contributed by atoms with E-state index in [1.165, 1.54) is 11.8 Å². The first kappa shape index (κ1) is 16.4. The molecule has 2 heterocycles. The molecule has 5 atom stereocenters. The van der Waals surface area contributed by atoms with Crippen molar-refractivity contribution in [1.82, 2.24) is 19.5 Å². The average molecular weight is 339 g/mol. The molecule has 1 aliphatic carbocycles. The maximum absolute atomic E-state index is 10.5. The zero-order chi connectivity index (χ0) is 16.9. The largest absolute Gasteiger partial charge is 0.396 e. The number of hydrogen-bond acceptors (Lipinski definition) is 8. The second-order valence-electron chi connectivity index (χ2n) is 6.30. The molecule has 2 aromatic heterocycles. The maximum Gasteiger partial charge on any atom is 0.191 e. The lowest BCUT2D eigenvalue weighted by atomic mass is 9.79. The molecule has 3 unspecified atom stereocenters. The number of hydrogen-bond donors (Lipinski definition) is 4. The Hall–Kier alpha value is -1.42. The lowest BCUT2D eigenvalue weighted by molar-refractivity contribution is -0.0470. The van der Waals surface area contributed by atoms with Gasteiger partial charge in [0.25, 0.3) is 0 Å². The third-order valence-electron chi connectivity index (χ3n) is 5.17. The van der Waals surface area contributed by atoms with E-state index in [-0.39, 0.29) is 18.3 Å². The minimum absolute atomic E-state index is 0.191. The number of aromatic nitrogens is 4. The van der Waals surface area contributed by atoms with E-state index in [9.17, 15) is 15.3 Å². The molecule has 23 heavy (non-hydrogen) atoms. The smallest absolute Gasteiger partial charge is 0.191 e. The van der Waals surface area contributed by atoms with Crippen LogP contribution < -0.4 is 5.73 Å². The summed E-state index contributed by atoms with van der Waals surface area (Å²) in [5.74, 6) is 0.0903. The summed E-state index contributed by atoms with van der Waals surface area (Å²) >= 11 is 1.36. The van der Waals surface area contributed by atoms with Gasteiger partial charge >= 0.3 is 0 Å². The minimum Gasteiger partial charge on any atom is -0.396 e. The van der Waals surface area contributed by atoms with Crippen molar-refractivity contribution in [3.8, 4) is 0 Å². The zero-order valence-electron chi connectivity index (χ0n) is 13.2. The summed E-state index contributed by atoms with van der Waals surface area (Å²) < 4.78 is 1.73. The quantitative estimate of drug-likeness (QED) is 0.455. The van der Waals surface area contributed by atoms with Crippen LogP contribution in [0.25, 0.3) is 11.2 Å². The highest BCUT2D eigenvalue weighted by Gasteiger charge is 2.55. The topological polar surface area (TPSA) is 130 Å². The zero-order valence-corrected chi connectivity index (χ0v) is 14.0. The second kappa shape index (κ2) is 5.59. The molecule has 8 nitrogen and oxygen atoms in total. The van der Waals surface area contributed by atoms with Gasteiger partial charge in [0.2, 0.25) is 0 Å². The number of aliphatic hydroxyl groups is 3. The number of rotatable bonds is 3. The molecule has 1 fully saturated rings. The first-order valence-corrected chi connectivity index (χ1v) is 8.58.